The Morgan fingerprint density at radius 1 is 1.12 bits per heavy atom. The first kappa shape index (κ1) is 17.6. The summed E-state index contributed by atoms with van der Waals surface area (Å²) in [5, 5.41) is 10.3. The van der Waals surface area contributed by atoms with Crippen LogP contribution in [0.1, 0.15) is 27.6 Å². The molecule has 0 spiro atoms. The van der Waals surface area contributed by atoms with Crippen molar-refractivity contribution in [2.75, 3.05) is 32.7 Å². The summed E-state index contributed by atoms with van der Waals surface area (Å²) in [7, 11) is 0. The van der Waals surface area contributed by atoms with E-state index >= 15 is 0 Å². The van der Waals surface area contributed by atoms with Gasteiger partial charge in [-0.15, -0.1) is 0 Å². The van der Waals surface area contributed by atoms with Crippen molar-refractivity contribution in [3.05, 3.63) is 71.0 Å². The first-order valence-electron chi connectivity index (χ1n) is 8.55. The molecule has 0 aromatic heterocycles. The monoisotopic (exact) mass is 342 g/mol. The molecule has 1 N–H and O–H groups in total. The van der Waals surface area contributed by atoms with Crippen LogP contribution in [0.15, 0.2) is 48.5 Å². The molecule has 132 valence electrons. The van der Waals surface area contributed by atoms with Crippen LogP contribution in [0.5, 0.6) is 0 Å². The maximum absolute atomic E-state index is 13.7. The predicted molar refractivity (Wildman–Crippen MR) is 94.9 cm³/mol. The number of β-amino-alcohol motifs (C(OH)–C–C–N with tert-alkyl or cyclic N) is 1. The number of hydrogen-bond acceptors (Lipinski definition) is 3. The highest BCUT2D eigenvalue weighted by Gasteiger charge is 2.24. The van der Waals surface area contributed by atoms with Gasteiger partial charge in [-0.2, -0.15) is 0 Å². The van der Waals surface area contributed by atoms with Crippen LogP contribution in [0.3, 0.4) is 0 Å². The van der Waals surface area contributed by atoms with Crippen molar-refractivity contribution in [2.24, 2.45) is 0 Å². The van der Waals surface area contributed by atoms with E-state index in [1.807, 2.05) is 30.3 Å². The molecule has 1 unspecified atom stereocenters. The molecule has 1 heterocycles. The van der Waals surface area contributed by atoms with E-state index < -0.39 is 6.10 Å². The summed E-state index contributed by atoms with van der Waals surface area (Å²) in [5.74, 6) is -0.488. The van der Waals surface area contributed by atoms with E-state index in [0.717, 1.165) is 5.56 Å². The molecule has 1 aliphatic heterocycles. The average molecular weight is 342 g/mol. The Morgan fingerprint density at radius 2 is 1.80 bits per heavy atom. The highest BCUT2D eigenvalue weighted by atomic mass is 19.1. The molecule has 0 bridgehead atoms. The van der Waals surface area contributed by atoms with Gasteiger partial charge in [-0.25, -0.2) is 4.39 Å². The van der Waals surface area contributed by atoms with Crippen LogP contribution in [0.2, 0.25) is 0 Å². The van der Waals surface area contributed by atoms with Gasteiger partial charge in [0.1, 0.15) is 5.82 Å². The number of piperazine rings is 1. The SMILES string of the molecule is Cc1ccc(C(=O)N2CCN(CC(O)c3ccccc3)CC2)cc1F. The predicted octanol–water partition coefficient (Wildman–Crippen LogP) is 2.63. The first-order valence-corrected chi connectivity index (χ1v) is 8.55. The van der Waals surface area contributed by atoms with Gasteiger partial charge in [0.05, 0.1) is 6.10 Å². The topological polar surface area (TPSA) is 43.8 Å². The molecule has 3 rings (SSSR count). The lowest BCUT2D eigenvalue weighted by atomic mass is 10.1. The molecule has 2 aromatic rings. The van der Waals surface area contributed by atoms with Crippen molar-refractivity contribution >= 4 is 5.91 Å². The van der Waals surface area contributed by atoms with E-state index in [0.29, 0.717) is 43.9 Å². The van der Waals surface area contributed by atoms with E-state index in [1.165, 1.54) is 6.07 Å². The summed E-state index contributed by atoms with van der Waals surface area (Å²) in [6, 6.07) is 14.2. The van der Waals surface area contributed by atoms with Gasteiger partial charge >= 0.3 is 0 Å². The van der Waals surface area contributed by atoms with Gasteiger partial charge in [-0.1, -0.05) is 36.4 Å². The number of benzene rings is 2. The van der Waals surface area contributed by atoms with Crippen LogP contribution in [0, 0.1) is 12.7 Å². The molecule has 1 saturated heterocycles. The molecule has 25 heavy (non-hydrogen) atoms. The Hall–Kier alpha value is -2.24. The van der Waals surface area contributed by atoms with Crippen molar-refractivity contribution in [2.45, 2.75) is 13.0 Å². The second-order valence-electron chi connectivity index (χ2n) is 6.48. The van der Waals surface area contributed by atoms with Crippen LogP contribution < -0.4 is 0 Å². The third-order valence-electron chi connectivity index (χ3n) is 4.69. The Kier molecular flexibility index (Phi) is 5.46. The third-order valence-corrected chi connectivity index (χ3v) is 4.69. The molecule has 2 aromatic carbocycles. The van der Waals surface area contributed by atoms with Gasteiger partial charge in [-0.05, 0) is 30.2 Å². The molecule has 1 amide bonds. The fourth-order valence-corrected chi connectivity index (χ4v) is 3.07. The fourth-order valence-electron chi connectivity index (χ4n) is 3.07. The van der Waals surface area contributed by atoms with Gasteiger partial charge in [0.15, 0.2) is 0 Å². The van der Waals surface area contributed by atoms with Crippen molar-refractivity contribution in [1.29, 1.82) is 0 Å². The van der Waals surface area contributed by atoms with Crippen LogP contribution >= 0.6 is 0 Å². The zero-order chi connectivity index (χ0) is 17.8. The number of amides is 1. The van der Waals surface area contributed by atoms with Crippen LogP contribution in [-0.4, -0.2) is 53.5 Å². The number of aliphatic hydroxyl groups is 1. The van der Waals surface area contributed by atoms with Gasteiger partial charge < -0.3 is 10.0 Å². The molecular weight excluding hydrogens is 319 g/mol. The summed E-state index contributed by atoms with van der Waals surface area (Å²) in [5.41, 5.74) is 1.83. The molecule has 0 radical (unpaired) electrons. The number of carbonyl (C=O) groups excluding carboxylic acids is 1. The Bertz CT molecular complexity index is 728. The van der Waals surface area contributed by atoms with Crippen LogP contribution in [-0.2, 0) is 0 Å². The molecule has 5 heteroatoms. The minimum Gasteiger partial charge on any atom is -0.387 e. The second kappa shape index (κ2) is 7.76. The molecule has 1 fully saturated rings. The van der Waals surface area contributed by atoms with Gasteiger partial charge in [-0.3, -0.25) is 9.69 Å². The molecule has 4 nitrogen and oxygen atoms in total. The fraction of sp³-hybridized carbons (Fsp3) is 0.350. The van der Waals surface area contributed by atoms with E-state index in [2.05, 4.69) is 4.90 Å². The third kappa shape index (κ3) is 4.24. The molecular formula is C20H23FN2O2. The van der Waals surface area contributed by atoms with Gasteiger partial charge in [0, 0.05) is 38.3 Å². The largest absolute Gasteiger partial charge is 0.387 e. The average Bonchev–Trinajstić information content (AvgIpc) is 2.65. The molecule has 0 saturated carbocycles. The zero-order valence-corrected chi connectivity index (χ0v) is 14.4. The number of aryl methyl sites for hydroxylation is 1. The molecule has 1 aliphatic rings. The first-order chi connectivity index (χ1) is 12.0. The molecule has 1 atom stereocenters. The van der Waals surface area contributed by atoms with Crippen molar-refractivity contribution in [3.8, 4) is 0 Å². The lowest BCUT2D eigenvalue weighted by Crippen LogP contribution is -2.49. The maximum atomic E-state index is 13.7. The minimum atomic E-state index is -0.533. The Morgan fingerprint density at radius 3 is 2.44 bits per heavy atom. The number of halogens is 1. The Labute approximate surface area is 147 Å². The number of carbonyl (C=O) groups is 1. The number of nitrogens with zero attached hydrogens (tertiary/aromatic N) is 2. The summed E-state index contributed by atoms with van der Waals surface area (Å²) in [6.45, 7) is 4.78. The molecule has 0 aliphatic carbocycles. The quantitative estimate of drug-likeness (QED) is 0.929. The zero-order valence-electron chi connectivity index (χ0n) is 14.4. The standard InChI is InChI=1S/C20H23FN2O2/c1-15-7-8-17(13-18(15)21)20(25)23-11-9-22(10-12-23)14-19(24)16-5-3-2-4-6-16/h2-8,13,19,24H,9-12,14H2,1H3. The highest BCUT2D eigenvalue weighted by molar-refractivity contribution is 5.94. The number of aliphatic hydroxyl groups excluding tert-OH is 1. The summed E-state index contributed by atoms with van der Waals surface area (Å²) in [6.07, 6.45) is -0.533. The summed E-state index contributed by atoms with van der Waals surface area (Å²) >= 11 is 0. The second-order valence-corrected chi connectivity index (χ2v) is 6.48. The smallest absolute Gasteiger partial charge is 0.254 e. The summed E-state index contributed by atoms with van der Waals surface area (Å²) < 4.78 is 13.7. The van der Waals surface area contributed by atoms with E-state index in [1.54, 1.807) is 24.0 Å². The Balaban J connectivity index is 1.54. The lowest BCUT2D eigenvalue weighted by Gasteiger charge is -2.35. The van der Waals surface area contributed by atoms with Crippen LogP contribution in [0.4, 0.5) is 4.39 Å². The lowest BCUT2D eigenvalue weighted by molar-refractivity contribution is 0.0527. The normalized spacial score (nSPS) is 16.7. The number of hydrogen-bond donors (Lipinski definition) is 1. The van der Waals surface area contributed by atoms with E-state index in [4.69, 9.17) is 0 Å². The van der Waals surface area contributed by atoms with Crippen molar-refractivity contribution in [3.63, 3.8) is 0 Å². The summed E-state index contributed by atoms with van der Waals surface area (Å²) in [4.78, 5) is 16.4. The van der Waals surface area contributed by atoms with Crippen LogP contribution in [0.25, 0.3) is 0 Å². The van der Waals surface area contributed by atoms with Crippen molar-refractivity contribution in [1.82, 2.24) is 9.80 Å². The highest BCUT2D eigenvalue weighted by Crippen LogP contribution is 2.16. The van der Waals surface area contributed by atoms with E-state index in [9.17, 15) is 14.3 Å². The van der Waals surface area contributed by atoms with Gasteiger partial charge in [0.2, 0.25) is 0 Å². The minimum absolute atomic E-state index is 0.137. The maximum Gasteiger partial charge on any atom is 0.254 e. The number of rotatable bonds is 4. The van der Waals surface area contributed by atoms with E-state index in [-0.39, 0.29) is 11.7 Å². The van der Waals surface area contributed by atoms with Crippen molar-refractivity contribution < 1.29 is 14.3 Å². The van der Waals surface area contributed by atoms with Gasteiger partial charge in [0.25, 0.3) is 5.91 Å².